The molecule has 1 aromatic carbocycles. The van der Waals surface area contributed by atoms with E-state index >= 15 is 0 Å². The molecule has 0 spiro atoms. The fraction of sp³-hybridized carbons (Fsp3) is 0.400. The van der Waals surface area contributed by atoms with E-state index in [1.807, 2.05) is 13.8 Å². The zero-order chi connectivity index (χ0) is 11.6. The number of rotatable bonds is 3. The molecule has 0 aliphatic carbocycles. The largest absolute Gasteiger partial charge is 0.327 e. The van der Waals surface area contributed by atoms with E-state index in [0.29, 0.717) is 10.6 Å². The van der Waals surface area contributed by atoms with Gasteiger partial charge in [-0.1, -0.05) is 18.5 Å². The molecule has 5 heteroatoms. The molecule has 2 N–H and O–H groups in total. The number of nitro benzene ring substituents is 1. The lowest BCUT2D eigenvalue weighted by molar-refractivity contribution is -0.385. The van der Waals surface area contributed by atoms with Gasteiger partial charge >= 0.3 is 0 Å². The van der Waals surface area contributed by atoms with E-state index in [1.54, 1.807) is 6.07 Å². The van der Waals surface area contributed by atoms with Crippen LogP contribution in [0, 0.1) is 10.1 Å². The Morgan fingerprint density at radius 3 is 2.53 bits per heavy atom. The van der Waals surface area contributed by atoms with Crippen molar-refractivity contribution in [2.45, 2.75) is 25.8 Å². The second-order valence-electron chi connectivity index (χ2n) is 3.61. The van der Waals surface area contributed by atoms with Crippen LogP contribution < -0.4 is 5.73 Å². The average molecular weight is 229 g/mol. The maximum absolute atomic E-state index is 10.8. The molecule has 0 radical (unpaired) electrons. The monoisotopic (exact) mass is 228 g/mol. The molecule has 0 aliphatic rings. The zero-order valence-electron chi connectivity index (χ0n) is 8.61. The fourth-order valence-corrected chi connectivity index (χ4v) is 1.52. The first-order valence-corrected chi connectivity index (χ1v) is 5.00. The van der Waals surface area contributed by atoms with Gasteiger partial charge in [-0.3, -0.25) is 10.1 Å². The van der Waals surface area contributed by atoms with Gasteiger partial charge in [-0.25, -0.2) is 0 Å². The van der Waals surface area contributed by atoms with E-state index in [1.165, 1.54) is 12.1 Å². The fourth-order valence-electron chi connectivity index (χ4n) is 1.34. The van der Waals surface area contributed by atoms with Gasteiger partial charge in [0.25, 0.3) is 5.69 Å². The predicted molar refractivity (Wildman–Crippen MR) is 60.2 cm³/mol. The number of hydrogen-bond acceptors (Lipinski definition) is 3. The molecule has 2 unspecified atom stereocenters. The molecule has 0 aromatic heterocycles. The number of hydrogen-bond donors (Lipinski definition) is 1. The Morgan fingerprint density at radius 2 is 2.07 bits per heavy atom. The Labute approximate surface area is 93.2 Å². The molecule has 0 amide bonds. The van der Waals surface area contributed by atoms with Gasteiger partial charge < -0.3 is 5.73 Å². The van der Waals surface area contributed by atoms with Crippen molar-refractivity contribution in [3.8, 4) is 0 Å². The minimum Gasteiger partial charge on any atom is -0.327 e. The van der Waals surface area contributed by atoms with Gasteiger partial charge in [-0.05, 0) is 19.1 Å². The minimum absolute atomic E-state index is 0.0733. The topological polar surface area (TPSA) is 69.2 Å². The highest BCUT2D eigenvalue weighted by atomic mass is 35.5. The molecule has 0 heterocycles. The van der Waals surface area contributed by atoms with E-state index in [2.05, 4.69) is 0 Å². The molecule has 15 heavy (non-hydrogen) atoms. The molecule has 1 rings (SSSR count). The van der Waals surface area contributed by atoms with Crippen molar-refractivity contribution in [2.75, 3.05) is 0 Å². The lowest BCUT2D eigenvalue weighted by Gasteiger charge is -2.16. The van der Waals surface area contributed by atoms with Crippen molar-refractivity contribution in [1.82, 2.24) is 0 Å². The maximum Gasteiger partial charge on any atom is 0.273 e. The summed E-state index contributed by atoms with van der Waals surface area (Å²) in [6.07, 6.45) is 0. The Kier molecular flexibility index (Phi) is 3.66. The molecule has 0 saturated carbocycles. The Morgan fingerprint density at radius 1 is 1.47 bits per heavy atom. The van der Waals surface area contributed by atoms with Gasteiger partial charge in [-0.15, -0.1) is 0 Å². The van der Waals surface area contributed by atoms with Crippen LogP contribution in [0.5, 0.6) is 0 Å². The average Bonchev–Trinajstić information content (AvgIpc) is 2.15. The highest BCUT2D eigenvalue weighted by molar-refractivity contribution is 6.30. The summed E-state index contributed by atoms with van der Waals surface area (Å²) in [6, 6.07) is 4.38. The molecule has 2 atom stereocenters. The highest BCUT2D eigenvalue weighted by Gasteiger charge is 2.21. The number of benzene rings is 1. The van der Waals surface area contributed by atoms with Crippen molar-refractivity contribution >= 4 is 17.3 Å². The summed E-state index contributed by atoms with van der Waals surface area (Å²) in [7, 11) is 0. The number of halogens is 1. The van der Waals surface area contributed by atoms with Gasteiger partial charge in [0.05, 0.1) is 4.92 Å². The van der Waals surface area contributed by atoms with E-state index in [-0.39, 0.29) is 17.6 Å². The lowest BCUT2D eigenvalue weighted by atomic mass is 9.93. The summed E-state index contributed by atoms with van der Waals surface area (Å²) >= 11 is 5.81. The first-order valence-electron chi connectivity index (χ1n) is 4.63. The molecule has 4 nitrogen and oxygen atoms in total. The molecule has 0 bridgehead atoms. The molecule has 82 valence electrons. The van der Waals surface area contributed by atoms with E-state index in [4.69, 9.17) is 17.3 Å². The van der Waals surface area contributed by atoms with Crippen molar-refractivity contribution in [1.29, 1.82) is 0 Å². The van der Waals surface area contributed by atoms with Crippen molar-refractivity contribution in [3.63, 3.8) is 0 Å². The van der Waals surface area contributed by atoms with Crippen LogP contribution in [0.2, 0.25) is 5.02 Å². The van der Waals surface area contributed by atoms with Crippen molar-refractivity contribution in [2.24, 2.45) is 5.73 Å². The number of nitrogens with zero attached hydrogens (tertiary/aromatic N) is 1. The third kappa shape index (κ3) is 2.67. The summed E-state index contributed by atoms with van der Waals surface area (Å²) in [5.74, 6) is -0.0934. The van der Waals surface area contributed by atoms with Crippen LogP contribution in [-0.2, 0) is 0 Å². The van der Waals surface area contributed by atoms with Gasteiger partial charge in [0, 0.05) is 28.6 Å². The smallest absolute Gasteiger partial charge is 0.273 e. The second kappa shape index (κ2) is 4.59. The van der Waals surface area contributed by atoms with Crippen molar-refractivity contribution in [3.05, 3.63) is 38.9 Å². The summed E-state index contributed by atoms with van der Waals surface area (Å²) in [5.41, 5.74) is 6.38. The summed E-state index contributed by atoms with van der Waals surface area (Å²) < 4.78 is 0. The van der Waals surface area contributed by atoms with Crippen LogP contribution in [0.4, 0.5) is 5.69 Å². The molecule has 0 fully saturated rings. The van der Waals surface area contributed by atoms with Gasteiger partial charge in [0.2, 0.25) is 0 Å². The first-order chi connectivity index (χ1) is 6.93. The van der Waals surface area contributed by atoms with E-state index in [0.717, 1.165) is 0 Å². The normalized spacial score (nSPS) is 14.7. The predicted octanol–water partition coefficient (Wildman–Crippen LogP) is 2.70. The molecular formula is C10H13ClN2O2. The molecule has 0 saturated heterocycles. The number of nitro groups is 1. The molecule has 0 aliphatic heterocycles. The zero-order valence-corrected chi connectivity index (χ0v) is 9.36. The van der Waals surface area contributed by atoms with E-state index < -0.39 is 4.92 Å². The van der Waals surface area contributed by atoms with Gasteiger partial charge in [0.1, 0.15) is 0 Å². The molecular weight excluding hydrogens is 216 g/mol. The van der Waals surface area contributed by atoms with Gasteiger partial charge in [0.15, 0.2) is 0 Å². The lowest BCUT2D eigenvalue weighted by Crippen LogP contribution is -2.23. The highest BCUT2D eigenvalue weighted by Crippen LogP contribution is 2.30. The molecule has 1 aromatic rings. The summed E-state index contributed by atoms with van der Waals surface area (Å²) in [4.78, 5) is 10.4. The number of nitrogens with two attached hydrogens (primary N) is 1. The maximum atomic E-state index is 10.8. The summed E-state index contributed by atoms with van der Waals surface area (Å²) in [5, 5.41) is 11.3. The van der Waals surface area contributed by atoms with E-state index in [9.17, 15) is 10.1 Å². The van der Waals surface area contributed by atoms with Crippen LogP contribution in [0.1, 0.15) is 25.3 Å². The van der Waals surface area contributed by atoms with Crippen LogP contribution in [0.25, 0.3) is 0 Å². The third-order valence-electron chi connectivity index (χ3n) is 2.47. The quantitative estimate of drug-likeness (QED) is 0.639. The van der Waals surface area contributed by atoms with Crippen LogP contribution in [0.3, 0.4) is 0 Å². The standard InChI is InChI=1S/C10H13ClN2O2/c1-6(7(2)12)9-5-8(11)3-4-10(9)13(14)15/h3-7H,12H2,1-2H3. The summed E-state index contributed by atoms with van der Waals surface area (Å²) in [6.45, 7) is 3.67. The second-order valence-corrected chi connectivity index (χ2v) is 4.04. The first kappa shape index (κ1) is 11.9. The SMILES string of the molecule is CC(N)C(C)c1cc(Cl)ccc1[N+](=O)[O-]. The van der Waals surface area contributed by atoms with Crippen LogP contribution in [-0.4, -0.2) is 11.0 Å². The Bertz CT molecular complexity index is 380. The van der Waals surface area contributed by atoms with Crippen LogP contribution in [0.15, 0.2) is 18.2 Å². The van der Waals surface area contributed by atoms with Gasteiger partial charge in [-0.2, -0.15) is 0 Å². The van der Waals surface area contributed by atoms with Crippen LogP contribution >= 0.6 is 11.6 Å². The Balaban J connectivity index is 3.24. The Hall–Kier alpha value is -1.13. The minimum atomic E-state index is -0.412. The van der Waals surface area contributed by atoms with Crippen molar-refractivity contribution < 1.29 is 4.92 Å². The third-order valence-corrected chi connectivity index (χ3v) is 2.70.